The molecule has 3 rings (SSSR count). The van der Waals surface area contributed by atoms with Gasteiger partial charge in [-0.15, -0.1) is 0 Å². The first-order chi connectivity index (χ1) is 19.3. The van der Waals surface area contributed by atoms with Crippen LogP contribution in [-0.4, -0.2) is 53.4 Å². The number of hydrogen-bond acceptors (Lipinski definition) is 4. The van der Waals surface area contributed by atoms with Crippen molar-refractivity contribution in [3.05, 3.63) is 70.4 Å². The Hall–Kier alpha value is -3.36. The van der Waals surface area contributed by atoms with Crippen molar-refractivity contribution in [2.45, 2.75) is 72.1 Å². The van der Waals surface area contributed by atoms with E-state index in [4.69, 9.17) is 21.4 Å². The molecule has 222 valence electrons. The van der Waals surface area contributed by atoms with Crippen molar-refractivity contribution in [2.24, 2.45) is 0 Å². The largest absolute Gasteiger partial charge is 0.385 e. The Morgan fingerprint density at radius 2 is 1.63 bits per heavy atom. The Morgan fingerprint density at radius 3 is 2.20 bits per heavy atom. The van der Waals surface area contributed by atoms with Crippen molar-refractivity contribution < 1.29 is 14.3 Å². The number of para-hydroxylation sites is 2. The van der Waals surface area contributed by atoms with Crippen molar-refractivity contribution >= 4 is 35.0 Å². The monoisotopic (exact) mass is 581 g/mol. The number of anilines is 2. The molecule has 2 N–H and O–H groups in total. The Morgan fingerprint density at radius 1 is 1.00 bits per heavy atom. The summed E-state index contributed by atoms with van der Waals surface area (Å²) in [6.07, 6.45) is 0.589. The lowest BCUT2D eigenvalue weighted by atomic mass is 9.92. The van der Waals surface area contributed by atoms with Gasteiger partial charge in [0.05, 0.1) is 16.4 Å². The third-order valence-corrected chi connectivity index (χ3v) is 7.15. The highest BCUT2D eigenvalue weighted by Crippen LogP contribution is 2.33. The van der Waals surface area contributed by atoms with E-state index in [1.54, 1.807) is 17.9 Å². The second kappa shape index (κ2) is 14.0. The lowest BCUT2D eigenvalue weighted by Gasteiger charge is -2.26. The van der Waals surface area contributed by atoms with Crippen molar-refractivity contribution in [1.29, 1.82) is 0 Å². The summed E-state index contributed by atoms with van der Waals surface area (Å²) >= 11 is 6.49. The normalized spacial score (nSPS) is 11.7. The number of halogens is 1. The van der Waals surface area contributed by atoms with Gasteiger partial charge in [0.25, 0.3) is 0 Å². The van der Waals surface area contributed by atoms with Crippen molar-refractivity contribution in [1.82, 2.24) is 14.7 Å². The van der Waals surface area contributed by atoms with Crippen LogP contribution in [0.3, 0.4) is 0 Å². The van der Waals surface area contributed by atoms with Crippen molar-refractivity contribution in [2.75, 3.05) is 37.4 Å². The van der Waals surface area contributed by atoms with Crippen LogP contribution in [0.5, 0.6) is 0 Å². The van der Waals surface area contributed by atoms with E-state index >= 15 is 0 Å². The van der Waals surface area contributed by atoms with Crippen LogP contribution in [0.15, 0.2) is 48.5 Å². The molecule has 0 spiro atoms. The molecule has 3 aromatic rings. The average Bonchev–Trinajstić information content (AvgIpc) is 3.32. The minimum absolute atomic E-state index is 0.144. The number of ether oxygens (including phenoxy) is 1. The molecule has 8 nitrogen and oxygen atoms in total. The van der Waals surface area contributed by atoms with Crippen LogP contribution in [0.4, 0.5) is 16.3 Å². The molecule has 2 aromatic carbocycles. The highest BCUT2D eigenvalue weighted by molar-refractivity contribution is 6.32. The molecule has 9 heteroatoms. The maximum absolute atomic E-state index is 13.7. The fourth-order valence-corrected chi connectivity index (χ4v) is 4.75. The van der Waals surface area contributed by atoms with Gasteiger partial charge < -0.3 is 20.3 Å². The first-order valence-electron chi connectivity index (χ1n) is 14.2. The van der Waals surface area contributed by atoms with Crippen LogP contribution in [-0.2, 0) is 14.9 Å². The topological polar surface area (TPSA) is 88.5 Å². The highest BCUT2D eigenvalue weighted by atomic mass is 35.5. The molecule has 0 radical (unpaired) electrons. The van der Waals surface area contributed by atoms with Crippen LogP contribution in [0, 0.1) is 0 Å². The van der Waals surface area contributed by atoms with Crippen molar-refractivity contribution in [3.8, 4) is 5.69 Å². The summed E-state index contributed by atoms with van der Waals surface area (Å²) in [5.74, 6) is 0.581. The lowest BCUT2D eigenvalue weighted by molar-refractivity contribution is -0.116. The van der Waals surface area contributed by atoms with Crippen LogP contribution < -0.4 is 10.6 Å². The van der Waals surface area contributed by atoms with E-state index in [1.165, 1.54) is 4.90 Å². The number of carbonyl (C=O) groups excluding carboxylic acids is 2. The molecule has 41 heavy (non-hydrogen) atoms. The molecule has 0 saturated heterocycles. The maximum Gasteiger partial charge on any atom is 0.322 e. The van der Waals surface area contributed by atoms with E-state index in [1.807, 2.05) is 42.5 Å². The van der Waals surface area contributed by atoms with E-state index in [0.29, 0.717) is 36.1 Å². The number of aromatic nitrogens is 2. The maximum atomic E-state index is 13.7. The van der Waals surface area contributed by atoms with Crippen LogP contribution >= 0.6 is 11.6 Å². The first-order valence-corrected chi connectivity index (χ1v) is 14.5. The fraction of sp³-hybridized carbons (Fsp3) is 0.469. The molecule has 0 aliphatic heterocycles. The van der Waals surface area contributed by atoms with Crippen molar-refractivity contribution in [3.63, 3.8) is 0 Å². The van der Waals surface area contributed by atoms with Gasteiger partial charge >= 0.3 is 6.03 Å². The van der Waals surface area contributed by atoms with Gasteiger partial charge in [0.1, 0.15) is 12.4 Å². The van der Waals surface area contributed by atoms with Gasteiger partial charge in [0, 0.05) is 37.4 Å². The second-order valence-corrected chi connectivity index (χ2v) is 12.3. The molecule has 0 aliphatic rings. The minimum Gasteiger partial charge on any atom is -0.385 e. The Balaban J connectivity index is 1.89. The van der Waals surface area contributed by atoms with Gasteiger partial charge in [0.2, 0.25) is 5.91 Å². The Bertz CT molecular complexity index is 1320. The van der Waals surface area contributed by atoms with Gasteiger partial charge in [0.15, 0.2) is 0 Å². The average molecular weight is 582 g/mol. The number of benzene rings is 2. The van der Waals surface area contributed by atoms with Gasteiger partial charge in [-0.25, -0.2) is 9.48 Å². The quantitative estimate of drug-likeness (QED) is 0.228. The third kappa shape index (κ3) is 8.33. The van der Waals surface area contributed by atoms with Crippen LogP contribution in [0.1, 0.15) is 83.5 Å². The third-order valence-electron chi connectivity index (χ3n) is 6.83. The molecule has 0 atom stereocenters. The summed E-state index contributed by atoms with van der Waals surface area (Å²) in [6.45, 7) is 15.3. The fourth-order valence-electron chi connectivity index (χ4n) is 4.53. The summed E-state index contributed by atoms with van der Waals surface area (Å²) in [7, 11) is 1.62. The molecule has 0 bridgehead atoms. The number of carbonyl (C=O) groups is 2. The molecule has 0 unspecified atom stereocenters. The number of amides is 3. The smallest absolute Gasteiger partial charge is 0.322 e. The summed E-state index contributed by atoms with van der Waals surface area (Å²) in [5, 5.41) is 11.4. The molecule has 0 fully saturated rings. The Labute approximate surface area is 249 Å². The summed E-state index contributed by atoms with van der Waals surface area (Å²) in [6, 6.07) is 15.0. The summed E-state index contributed by atoms with van der Waals surface area (Å²) in [4.78, 5) is 28.6. The van der Waals surface area contributed by atoms with E-state index in [2.05, 4.69) is 59.1 Å². The number of nitrogens with one attached hydrogen (secondary N) is 2. The van der Waals surface area contributed by atoms with Crippen LogP contribution in [0.2, 0.25) is 5.02 Å². The molecule has 1 aromatic heterocycles. The van der Waals surface area contributed by atoms with Gasteiger partial charge in [-0.05, 0) is 41.5 Å². The van der Waals surface area contributed by atoms with Gasteiger partial charge in [-0.1, -0.05) is 90.4 Å². The number of rotatable bonds is 11. The lowest BCUT2D eigenvalue weighted by Crippen LogP contribution is -2.42. The number of hydrogen-bond donors (Lipinski definition) is 2. The van der Waals surface area contributed by atoms with E-state index in [9.17, 15) is 9.59 Å². The molecular weight excluding hydrogens is 538 g/mol. The van der Waals surface area contributed by atoms with E-state index in [0.717, 1.165) is 22.5 Å². The zero-order valence-corrected chi connectivity index (χ0v) is 26.3. The number of nitrogens with zero attached hydrogens (tertiary/aromatic N) is 3. The zero-order chi connectivity index (χ0) is 30.3. The number of urea groups is 1. The molecule has 0 saturated carbocycles. The second-order valence-electron chi connectivity index (χ2n) is 11.9. The standard InChI is InChI=1S/C32H44ClN5O3/c1-21(2)23-13-11-14-24(22(3)4)30(23)35-31(40)37(17-12-18-41-8)20-29(39)34-28-19-27(32(5,6)7)36-38(28)26-16-10-9-15-25(26)33/h9-11,13-16,19,21-22H,12,17-18,20H2,1-8H3,(H,34,39)(H,35,40). The molecule has 1 heterocycles. The highest BCUT2D eigenvalue weighted by Gasteiger charge is 2.25. The SMILES string of the molecule is COCCCN(CC(=O)Nc1cc(C(C)(C)C)nn1-c1ccccc1Cl)C(=O)Nc1c(C(C)C)cccc1C(C)C. The Kier molecular flexibility index (Phi) is 11.0. The predicted octanol–water partition coefficient (Wildman–Crippen LogP) is 7.58. The summed E-state index contributed by atoms with van der Waals surface area (Å²) in [5.41, 5.74) is 4.13. The zero-order valence-electron chi connectivity index (χ0n) is 25.5. The minimum atomic E-state index is -0.340. The number of methoxy groups -OCH3 is 1. The van der Waals surface area contributed by atoms with Gasteiger partial charge in [-0.2, -0.15) is 5.10 Å². The molecular formula is C32H44ClN5O3. The van der Waals surface area contributed by atoms with Gasteiger partial charge in [-0.3, -0.25) is 4.79 Å². The molecule has 3 amide bonds. The van der Waals surface area contributed by atoms with Crippen LogP contribution in [0.25, 0.3) is 5.69 Å². The van der Waals surface area contributed by atoms with E-state index < -0.39 is 0 Å². The van der Waals surface area contributed by atoms with E-state index in [-0.39, 0.29) is 35.7 Å². The first kappa shape index (κ1) is 32.2. The summed E-state index contributed by atoms with van der Waals surface area (Å²) < 4.78 is 6.86. The molecule has 0 aliphatic carbocycles. The predicted molar refractivity (Wildman–Crippen MR) is 168 cm³/mol.